The highest BCUT2D eigenvalue weighted by atomic mass is 16.5. The van der Waals surface area contributed by atoms with E-state index in [1.165, 1.54) is 27.5 Å². The number of benzene rings is 1. The maximum Gasteiger partial charge on any atom is 0.332 e. The van der Waals surface area contributed by atoms with Crippen molar-refractivity contribution in [3.05, 3.63) is 50.7 Å². The summed E-state index contributed by atoms with van der Waals surface area (Å²) in [6.45, 7) is 6.39. The molecule has 0 bridgehead atoms. The van der Waals surface area contributed by atoms with Crippen molar-refractivity contribution in [1.29, 1.82) is 0 Å². The fourth-order valence-electron chi connectivity index (χ4n) is 4.33. The van der Waals surface area contributed by atoms with Crippen molar-refractivity contribution in [1.82, 2.24) is 18.7 Å². The first-order valence-electron chi connectivity index (χ1n) is 11.0. The number of unbranched alkanes of at least 4 members (excludes halogenated alkanes) is 1. The topological polar surface area (TPSA) is 74.3 Å². The van der Waals surface area contributed by atoms with Gasteiger partial charge in [0, 0.05) is 32.9 Å². The minimum absolute atomic E-state index is 0.219. The Labute approximate surface area is 181 Å². The number of aryl methyl sites for hydroxylation is 2. The molecule has 8 nitrogen and oxygen atoms in total. The number of imidazole rings is 1. The molecule has 4 rings (SSSR count). The lowest BCUT2D eigenvalue weighted by molar-refractivity contribution is 0.184. The number of anilines is 2. The van der Waals surface area contributed by atoms with Gasteiger partial charge < -0.3 is 14.2 Å². The zero-order chi connectivity index (χ0) is 22.1. The Morgan fingerprint density at radius 1 is 1.16 bits per heavy atom. The Morgan fingerprint density at radius 2 is 1.90 bits per heavy atom. The third-order valence-corrected chi connectivity index (χ3v) is 6.03. The van der Waals surface area contributed by atoms with Crippen molar-refractivity contribution in [2.45, 2.75) is 46.2 Å². The molecule has 3 heterocycles. The summed E-state index contributed by atoms with van der Waals surface area (Å²) >= 11 is 0. The Balaban J connectivity index is 1.83. The van der Waals surface area contributed by atoms with Crippen molar-refractivity contribution < 1.29 is 4.74 Å². The summed E-state index contributed by atoms with van der Waals surface area (Å²) in [4.78, 5) is 32.9. The molecule has 166 valence electrons. The number of methoxy groups -OCH3 is 1. The number of fused-ring (bicyclic) bond motifs is 3. The average Bonchev–Trinajstić information content (AvgIpc) is 3.15. The lowest BCUT2D eigenvalue weighted by Gasteiger charge is -2.33. The van der Waals surface area contributed by atoms with Crippen molar-refractivity contribution >= 4 is 22.8 Å². The predicted octanol–water partition coefficient (Wildman–Crippen LogP) is 2.67. The van der Waals surface area contributed by atoms with Gasteiger partial charge in [-0.1, -0.05) is 32.4 Å². The second kappa shape index (κ2) is 8.70. The second-order valence-electron chi connectivity index (χ2n) is 8.47. The van der Waals surface area contributed by atoms with Gasteiger partial charge in [0.1, 0.15) is 0 Å². The molecule has 0 amide bonds. The molecule has 8 heteroatoms. The van der Waals surface area contributed by atoms with E-state index in [4.69, 9.17) is 9.72 Å². The molecular formula is C23H31N5O3. The van der Waals surface area contributed by atoms with E-state index in [-0.39, 0.29) is 17.8 Å². The molecule has 0 aliphatic carbocycles. The highest BCUT2D eigenvalue weighted by Gasteiger charge is 2.29. The summed E-state index contributed by atoms with van der Waals surface area (Å²) in [6, 6.07) is 8.60. The normalized spacial score (nSPS) is 16.1. The molecule has 0 spiro atoms. The summed E-state index contributed by atoms with van der Waals surface area (Å²) in [6.07, 6.45) is 3.43. The zero-order valence-corrected chi connectivity index (χ0v) is 18.8. The highest BCUT2D eigenvalue weighted by Crippen LogP contribution is 2.33. The van der Waals surface area contributed by atoms with Gasteiger partial charge in [-0.3, -0.25) is 13.9 Å². The molecule has 31 heavy (non-hydrogen) atoms. The average molecular weight is 426 g/mol. The second-order valence-corrected chi connectivity index (χ2v) is 8.47. The van der Waals surface area contributed by atoms with Gasteiger partial charge >= 0.3 is 5.69 Å². The molecule has 0 radical (unpaired) electrons. The zero-order valence-electron chi connectivity index (χ0n) is 18.8. The van der Waals surface area contributed by atoms with E-state index in [0.717, 1.165) is 18.7 Å². The van der Waals surface area contributed by atoms with Crippen molar-refractivity contribution in [2.75, 3.05) is 25.2 Å². The largest absolute Gasteiger partial charge is 0.383 e. The summed E-state index contributed by atoms with van der Waals surface area (Å²) < 4.78 is 9.77. The fourth-order valence-corrected chi connectivity index (χ4v) is 4.33. The molecule has 1 atom stereocenters. The van der Waals surface area contributed by atoms with Gasteiger partial charge in [-0.05, 0) is 36.5 Å². The Bertz CT molecular complexity index is 1190. The lowest BCUT2D eigenvalue weighted by atomic mass is 10.1. The van der Waals surface area contributed by atoms with Crippen molar-refractivity contribution in [2.24, 2.45) is 13.0 Å². The van der Waals surface area contributed by atoms with E-state index in [9.17, 15) is 9.59 Å². The van der Waals surface area contributed by atoms with Gasteiger partial charge in [0.05, 0.1) is 13.2 Å². The van der Waals surface area contributed by atoms with Crippen LogP contribution in [0.15, 0.2) is 33.9 Å². The van der Waals surface area contributed by atoms with Gasteiger partial charge in [-0.25, -0.2) is 4.79 Å². The molecular weight excluding hydrogens is 394 g/mol. The highest BCUT2D eigenvalue weighted by molar-refractivity contribution is 5.77. The van der Waals surface area contributed by atoms with Crippen LogP contribution in [0.5, 0.6) is 0 Å². The summed E-state index contributed by atoms with van der Waals surface area (Å²) in [5.74, 6) is 1.04. The third-order valence-electron chi connectivity index (χ3n) is 6.03. The van der Waals surface area contributed by atoms with Crippen LogP contribution in [-0.4, -0.2) is 38.9 Å². The fraction of sp³-hybridized carbons (Fsp3) is 0.522. The van der Waals surface area contributed by atoms with E-state index < -0.39 is 0 Å². The smallest absolute Gasteiger partial charge is 0.332 e. The van der Waals surface area contributed by atoms with Crippen LogP contribution in [0.1, 0.15) is 32.3 Å². The number of hydrogen-bond acceptors (Lipinski definition) is 5. The van der Waals surface area contributed by atoms with Gasteiger partial charge in [-0.15, -0.1) is 0 Å². The summed E-state index contributed by atoms with van der Waals surface area (Å²) in [5.41, 5.74) is 2.60. The van der Waals surface area contributed by atoms with Crippen LogP contribution in [-0.2, 0) is 31.3 Å². The molecule has 2 aromatic heterocycles. The number of rotatable bonds is 7. The molecule has 1 aromatic carbocycles. The molecule has 0 unspecified atom stereocenters. The van der Waals surface area contributed by atoms with Crippen LogP contribution in [0.2, 0.25) is 0 Å². The first-order chi connectivity index (χ1) is 15.0. The van der Waals surface area contributed by atoms with E-state index >= 15 is 0 Å². The number of nitrogens with zero attached hydrogens (tertiary/aromatic N) is 5. The quantitative estimate of drug-likeness (QED) is 0.582. The van der Waals surface area contributed by atoms with E-state index in [0.29, 0.717) is 36.2 Å². The van der Waals surface area contributed by atoms with Crippen LogP contribution in [0.4, 0.5) is 11.6 Å². The Morgan fingerprint density at radius 3 is 2.58 bits per heavy atom. The molecule has 0 saturated heterocycles. The van der Waals surface area contributed by atoms with E-state index in [1.54, 1.807) is 14.2 Å². The Hall–Kier alpha value is -2.87. The standard InChI is InChI=1S/C23H31N5O3/c1-5-6-7-17-8-10-18(11-9-17)27-14-16(2)15-28-19-20(24-22(27)28)25(3)23(30)26(21(19)29)12-13-31-4/h8-11,16H,5-7,12-15H2,1-4H3/t16-/m1/s1. The first kappa shape index (κ1) is 21.4. The van der Waals surface area contributed by atoms with Crippen LogP contribution in [0.25, 0.3) is 11.2 Å². The van der Waals surface area contributed by atoms with Crippen LogP contribution < -0.4 is 16.1 Å². The van der Waals surface area contributed by atoms with Crippen molar-refractivity contribution in [3.8, 4) is 0 Å². The maximum absolute atomic E-state index is 13.3. The number of hydrogen-bond donors (Lipinski definition) is 0. The first-order valence-corrected chi connectivity index (χ1v) is 11.0. The predicted molar refractivity (Wildman–Crippen MR) is 122 cm³/mol. The summed E-state index contributed by atoms with van der Waals surface area (Å²) in [7, 11) is 3.23. The van der Waals surface area contributed by atoms with Gasteiger partial charge in [0.2, 0.25) is 5.95 Å². The Kier molecular flexibility index (Phi) is 6.00. The third kappa shape index (κ3) is 3.80. The van der Waals surface area contributed by atoms with Crippen molar-refractivity contribution in [3.63, 3.8) is 0 Å². The molecule has 0 N–H and O–H groups in total. The number of ether oxygens (including phenoxy) is 1. The lowest BCUT2D eigenvalue weighted by Crippen LogP contribution is -2.41. The van der Waals surface area contributed by atoms with Gasteiger partial charge in [-0.2, -0.15) is 4.98 Å². The minimum atomic E-state index is -0.370. The van der Waals surface area contributed by atoms with E-state index in [2.05, 4.69) is 43.0 Å². The molecule has 0 saturated carbocycles. The number of aromatic nitrogens is 4. The van der Waals surface area contributed by atoms with Crippen LogP contribution in [0, 0.1) is 5.92 Å². The van der Waals surface area contributed by atoms with Gasteiger partial charge in [0.15, 0.2) is 11.2 Å². The molecule has 0 fully saturated rings. The molecule has 3 aromatic rings. The minimum Gasteiger partial charge on any atom is -0.383 e. The van der Waals surface area contributed by atoms with Gasteiger partial charge in [0.25, 0.3) is 5.56 Å². The monoisotopic (exact) mass is 425 g/mol. The maximum atomic E-state index is 13.3. The van der Waals surface area contributed by atoms with Crippen LogP contribution in [0.3, 0.4) is 0 Å². The molecule has 1 aliphatic rings. The molecule has 1 aliphatic heterocycles. The van der Waals surface area contributed by atoms with E-state index in [1.807, 2.05) is 4.57 Å². The van der Waals surface area contributed by atoms with Crippen LogP contribution >= 0.6 is 0 Å². The SMILES string of the molecule is CCCCc1ccc(N2C[C@@H](C)Cn3c2nc2c3c(=O)n(CCOC)c(=O)n2C)cc1. The summed E-state index contributed by atoms with van der Waals surface area (Å²) in [5, 5.41) is 0.